The monoisotopic (exact) mass is 465 g/mol. The molecule has 1 aliphatic rings. The molecule has 5 nitrogen and oxygen atoms in total. The van der Waals surface area contributed by atoms with Crippen LogP contribution in [0.15, 0.2) is 42.6 Å². The Hall–Kier alpha value is -2.56. The largest absolute Gasteiger partial charge is 0.353 e. The summed E-state index contributed by atoms with van der Waals surface area (Å²) >= 11 is 0. The lowest BCUT2D eigenvalue weighted by atomic mass is 9.86. The van der Waals surface area contributed by atoms with E-state index in [2.05, 4.69) is 57.4 Å². The molecule has 1 heterocycles. The summed E-state index contributed by atoms with van der Waals surface area (Å²) in [5.74, 6) is 0.359. The quantitative estimate of drug-likeness (QED) is 0.496. The fraction of sp³-hybridized carbons (Fsp3) is 0.586. The first-order valence-electron chi connectivity index (χ1n) is 12.9. The second-order valence-electron chi connectivity index (χ2n) is 11.3. The molecule has 0 aliphatic heterocycles. The number of amides is 2. The van der Waals surface area contributed by atoms with Crippen LogP contribution in [0.2, 0.25) is 0 Å². The van der Waals surface area contributed by atoms with Crippen LogP contribution >= 0.6 is 0 Å². The molecular weight excluding hydrogens is 422 g/mol. The minimum absolute atomic E-state index is 0.0240. The molecule has 1 aromatic heterocycles. The maximum Gasteiger partial charge on any atom is 0.254 e. The van der Waals surface area contributed by atoms with Gasteiger partial charge in [0.05, 0.1) is 6.54 Å². The maximum absolute atomic E-state index is 13.7. The molecule has 1 fully saturated rings. The number of aromatic nitrogens is 1. The van der Waals surface area contributed by atoms with Crippen LogP contribution in [0.1, 0.15) is 88.3 Å². The van der Waals surface area contributed by atoms with Crippen molar-refractivity contribution >= 4 is 11.8 Å². The first-order chi connectivity index (χ1) is 16.1. The maximum atomic E-state index is 13.7. The molecule has 0 spiro atoms. The van der Waals surface area contributed by atoms with Gasteiger partial charge >= 0.3 is 0 Å². The zero-order chi connectivity index (χ0) is 24.9. The molecule has 0 radical (unpaired) electrons. The number of benzene rings is 1. The zero-order valence-corrected chi connectivity index (χ0v) is 22.0. The summed E-state index contributed by atoms with van der Waals surface area (Å²) in [7, 11) is 2.01. The highest BCUT2D eigenvalue weighted by atomic mass is 16.2. The Morgan fingerprint density at radius 3 is 2.21 bits per heavy atom. The summed E-state index contributed by atoms with van der Waals surface area (Å²) in [5.41, 5.74) is 3.01. The molecule has 0 N–H and O–H groups in total. The lowest BCUT2D eigenvalue weighted by molar-refractivity contribution is -0.133. The van der Waals surface area contributed by atoms with E-state index in [9.17, 15) is 9.59 Å². The molecule has 0 atom stereocenters. The van der Waals surface area contributed by atoms with E-state index < -0.39 is 0 Å². The summed E-state index contributed by atoms with van der Waals surface area (Å²) in [6, 6.07) is 12.2. The molecule has 1 aromatic carbocycles. The molecule has 2 amide bonds. The van der Waals surface area contributed by atoms with Gasteiger partial charge in [-0.3, -0.25) is 9.59 Å². The zero-order valence-electron chi connectivity index (χ0n) is 22.0. The first kappa shape index (κ1) is 26.1. The smallest absolute Gasteiger partial charge is 0.254 e. The van der Waals surface area contributed by atoms with Crippen molar-refractivity contribution < 1.29 is 9.59 Å². The third-order valence-electron chi connectivity index (χ3n) is 6.92. The highest BCUT2D eigenvalue weighted by Crippen LogP contribution is 2.26. The summed E-state index contributed by atoms with van der Waals surface area (Å²) in [5, 5.41) is 0. The Labute approximate surface area is 206 Å². The molecule has 5 heteroatoms. The summed E-state index contributed by atoms with van der Waals surface area (Å²) < 4.78 is 2.06. The number of carbonyl (C=O) groups is 2. The van der Waals surface area contributed by atoms with Crippen LogP contribution in [0.4, 0.5) is 0 Å². The van der Waals surface area contributed by atoms with Gasteiger partial charge in [0.25, 0.3) is 5.91 Å². The van der Waals surface area contributed by atoms with Crippen molar-refractivity contribution in [3.05, 3.63) is 59.4 Å². The molecule has 0 saturated heterocycles. The molecule has 2 aromatic rings. The Morgan fingerprint density at radius 1 is 1.03 bits per heavy atom. The van der Waals surface area contributed by atoms with Crippen LogP contribution in [0.3, 0.4) is 0 Å². The number of nitrogens with zero attached hydrogens (tertiary/aromatic N) is 3. The fourth-order valence-electron chi connectivity index (χ4n) is 4.84. The number of aryl methyl sites for hydroxylation is 1. The minimum Gasteiger partial charge on any atom is -0.353 e. The highest BCUT2D eigenvalue weighted by Gasteiger charge is 2.30. The van der Waals surface area contributed by atoms with Gasteiger partial charge in [-0.1, -0.05) is 66.0 Å². The van der Waals surface area contributed by atoms with Crippen molar-refractivity contribution in [2.24, 2.45) is 13.0 Å². The average molecular weight is 466 g/mol. The molecule has 1 aliphatic carbocycles. The van der Waals surface area contributed by atoms with E-state index in [0.29, 0.717) is 24.6 Å². The van der Waals surface area contributed by atoms with Gasteiger partial charge in [-0.2, -0.15) is 0 Å². The Balaban J connectivity index is 1.83. The molecular formula is C29H43N3O2. The SMILES string of the molecule is CC(C)CN(Cc1cccn1C)C(=O)CN(C(=O)c1ccc(C(C)(C)C)cc1)C1CCCCC1. The van der Waals surface area contributed by atoms with Crippen molar-refractivity contribution in [2.75, 3.05) is 13.1 Å². The minimum atomic E-state index is -0.0240. The van der Waals surface area contributed by atoms with E-state index in [4.69, 9.17) is 0 Å². The van der Waals surface area contributed by atoms with E-state index in [-0.39, 0.29) is 29.8 Å². The Bertz CT molecular complexity index is 947. The summed E-state index contributed by atoms with van der Waals surface area (Å²) in [6.45, 7) is 12.2. The van der Waals surface area contributed by atoms with Gasteiger partial charge < -0.3 is 14.4 Å². The molecule has 0 bridgehead atoms. The number of hydrogen-bond acceptors (Lipinski definition) is 2. The Kier molecular flexibility index (Phi) is 8.62. The number of carbonyl (C=O) groups excluding carboxylic acids is 2. The second-order valence-corrected chi connectivity index (χ2v) is 11.3. The molecule has 1 saturated carbocycles. The van der Waals surface area contributed by atoms with Crippen molar-refractivity contribution in [1.82, 2.24) is 14.4 Å². The van der Waals surface area contributed by atoms with Gasteiger partial charge in [0.2, 0.25) is 5.91 Å². The van der Waals surface area contributed by atoms with Gasteiger partial charge in [-0.05, 0) is 54.0 Å². The van der Waals surface area contributed by atoms with Crippen molar-refractivity contribution in [1.29, 1.82) is 0 Å². The fourth-order valence-corrected chi connectivity index (χ4v) is 4.84. The Morgan fingerprint density at radius 2 is 1.68 bits per heavy atom. The van der Waals surface area contributed by atoms with Crippen LogP contribution in [0.5, 0.6) is 0 Å². The van der Waals surface area contributed by atoms with Gasteiger partial charge in [0.1, 0.15) is 6.54 Å². The predicted octanol–water partition coefficient (Wildman–Crippen LogP) is 5.78. The average Bonchev–Trinajstić information content (AvgIpc) is 3.20. The predicted molar refractivity (Wildman–Crippen MR) is 139 cm³/mol. The molecule has 34 heavy (non-hydrogen) atoms. The van der Waals surface area contributed by atoms with E-state index in [0.717, 1.165) is 31.4 Å². The number of hydrogen-bond donors (Lipinski definition) is 0. The van der Waals surface area contributed by atoms with Crippen LogP contribution < -0.4 is 0 Å². The van der Waals surface area contributed by atoms with E-state index in [1.54, 1.807) is 0 Å². The van der Waals surface area contributed by atoms with Crippen molar-refractivity contribution in [2.45, 2.75) is 84.7 Å². The molecule has 0 unspecified atom stereocenters. The third kappa shape index (κ3) is 6.74. The van der Waals surface area contributed by atoms with E-state index in [1.165, 1.54) is 12.0 Å². The molecule has 186 valence electrons. The van der Waals surface area contributed by atoms with Gasteiger partial charge in [-0.25, -0.2) is 0 Å². The molecule has 3 rings (SSSR count). The summed E-state index contributed by atoms with van der Waals surface area (Å²) in [6.07, 6.45) is 7.39. The van der Waals surface area contributed by atoms with Crippen LogP contribution in [0.25, 0.3) is 0 Å². The van der Waals surface area contributed by atoms with E-state index in [1.807, 2.05) is 41.2 Å². The third-order valence-corrected chi connectivity index (χ3v) is 6.92. The van der Waals surface area contributed by atoms with Crippen LogP contribution in [-0.4, -0.2) is 45.3 Å². The van der Waals surface area contributed by atoms with Gasteiger partial charge in [0, 0.05) is 37.1 Å². The van der Waals surface area contributed by atoms with Crippen LogP contribution in [-0.2, 0) is 23.8 Å². The lowest BCUT2D eigenvalue weighted by Gasteiger charge is -2.36. The van der Waals surface area contributed by atoms with Gasteiger partial charge in [-0.15, -0.1) is 0 Å². The first-order valence-corrected chi connectivity index (χ1v) is 12.9. The second kappa shape index (κ2) is 11.2. The topological polar surface area (TPSA) is 45.6 Å². The van der Waals surface area contributed by atoms with E-state index >= 15 is 0 Å². The van der Waals surface area contributed by atoms with Crippen molar-refractivity contribution in [3.8, 4) is 0 Å². The van der Waals surface area contributed by atoms with Crippen molar-refractivity contribution in [3.63, 3.8) is 0 Å². The summed E-state index contributed by atoms with van der Waals surface area (Å²) in [4.78, 5) is 31.1. The normalized spacial score (nSPS) is 14.9. The van der Waals surface area contributed by atoms with Gasteiger partial charge in [0.15, 0.2) is 0 Å². The number of rotatable bonds is 8. The lowest BCUT2D eigenvalue weighted by Crippen LogP contribution is -2.48. The van der Waals surface area contributed by atoms with Crippen LogP contribution in [0, 0.1) is 5.92 Å². The highest BCUT2D eigenvalue weighted by molar-refractivity contribution is 5.96. The standard InChI is InChI=1S/C29H43N3O2/c1-22(2)19-31(20-26-13-10-18-30(26)6)27(33)21-32(25-11-8-7-9-12-25)28(34)23-14-16-24(17-15-23)29(3,4)5/h10,13-18,22,25H,7-9,11-12,19-21H2,1-6H3.